The molecule has 1 aliphatic rings. The highest BCUT2D eigenvalue weighted by molar-refractivity contribution is 5.79. The Morgan fingerprint density at radius 3 is 2.48 bits per heavy atom. The molecule has 6 heteroatoms. The van der Waals surface area contributed by atoms with Gasteiger partial charge in [-0.2, -0.15) is 0 Å². The summed E-state index contributed by atoms with van der Waals surface area (Å²) in [5, 5.41) is 6.83. The Labute approximate surface area is 165 Å². The molecule has 1 aromatic rings. The van der Waals surface area contributed by atoms with Gasteiger partial charge in [0, 0.05) is 52.9 Å². The van der Waals surface area contributed by atoms with Gasteiger partial charge in [0.15, 0.2) is 5.96 Å². The molecule has 1 fully saturated rings. The average molecular weight is 376 g/mol. The highest BCUT2D eigenvalue weighted by atomic mass is 16.5. The second kappa shape index (κ2) is 12.7. The SMILES string of the molecule is CCN1CCN(CCNC(=NC)NCC(C)COCc2ccccc2)CC1. The molecule has 0 spiro atoms. The topological polar surface area (TPSA) is 52.1 Å². The summed E-state index contributed by atoms with van der Waals surface area (Å²) >= 11 is 0. The number of ether oxygens (including phenoxy) is 1. The van der Waals surface area contributed by atoms with Crippen molar-refractivity contribution in [3.05, 3.63) is 35.9 Å². The minimum absolute atomic E-state index is 0.425. The summed E-state index contributed by atoms with van der Waals surface area (Å²) in [4.78, 5) is 9.35. The minimum atomic E-state index is 0.425. The average Bonchev–Trinajstić information content (AvgIpc) is 2.71. The van der Waals surface area contributed by atoms with Crippen LogP contribution in [0.25, 0.3) is 0 Å². The molecule has 1 aromatic carbocycles. The predicted molar refractivity (Wildman–Crippen MR) is 113 cm³/mol. The molecule has 0 amide bonds. The number of piperazine rings is 1. The van der Waals surface area contributed by atoms with Crippen molar-refractivity contribution in [2.75, 3.05) is 66.0 Å². The van der Waals surface area contributed by atoms with Gasteiger partial charge in [-0.05, 0) is 18.0 Å². The molecule has 2 rings (SSSR count). The highest BCUT2D eigenvalue weighted by Gasteiger charge is 2.14. The summed E-state index contributed by atoms with van der Waals surface area (Å²) in [6.07, 6.45) is 0. The molecule has 0 aromatic heterocycles. The van der Waals surface area contributed by atoms with Crippen molar-refractivity contribution in [2.24, 2.45) is 10.9 Å². The number of rotatable bonds is 10. The third-order valence-corrected chi connectivity index (χ3v) is 4.99. The van der Waals surface area contributed by atoms with Crippen molar-refractivity contribution in [3.63, 3.8) is 0 Å². The molecular formula is C21H37N5O. The maximum absolute atomic E-state index is 5.81. The van der Waals surface area contributed by atoms with Crippen LogP contribution in [0.1, 0.15) is 19.4 Å². The molecule has 1 saturated heterocycles. The number of likely N-dealkylation sites (N-methyl/N-ethyl adjacent to an activating group) is 1. The van der Waals surface area contributed by atoms with E-state index in [0.29, 0.717) is 12.5 Å². The number of nitrogens with zero attached hydrogens (tertiary/aromatic N) is 3. The van der Waals surface area contributed by atoms with Crippen LogP contribution in [-0.2, 0) is 11.3 Å². The van der Waals surface area contributed by atoms with Crippen LogP contribution in [0.15, 0.2) is 35.3 Å². The van der Waals surface area contributed by atoms with Crippen LogP contribution in [0.2, 0.25) is 0 Å². The largest absolute Gasteiger partial charge is 0.376 e. The molecule has 0 saturated carbocycles. The molecular weight excluding hydrogens is 338 g/mol. The Morgan fingerprint density at radius 2 is 1.81 bits per heavy atom. The maximum atomic E-state index is 5.81. The van der Waals surface area contributed by atoms with E-state index in [1.807, 2.05) is 25.2 Å². The first-order valence-corrected chi connectivity index (χ1v) is 10.2. The van der Waals surface area contributed by atoms with E-state index in [9.17, 15) is 0 Å². The summed E-state index contributed by atoms with van der Waals surface area (Å²) in [5.74, 6) is 1.30. The van der Waals surface area contributed by atoms with Crippen molar-refractivity contribution in [1.29, 1.82) is 0 Å². The lowest BCUT2D eigenvalue weighted by molar-refractivity contribution is 0.0931. The summed E-state index contributed by atoms with van der Waals surface area (Å²) < 4.78 is 5.81. The van der Waals surface area contributed by atoms with Gasteiger partial charge >= 0.3 is 0 Å². The monoisotopic (exact) mass is 375 g/mol. The number of aliphatic imine (C=N–C) groups is 1. The Morgan fingerprint density at radius 1 is 1.11 bits per heavy atom. The van der Waals surface area contributed by atoms with Crippen molar-refractivity contribution in [2.45, 2.75) is 20.5 Å². The van der Waals surface area contributed by atoms with Crippen LogP contribution in [0.3, 0.4) is 0 Å². The lowest BCUT2D eigenvalue weighted by Crippen LogP contribution is -2.49. The van der Waals surface area contributed by atoms with Crippen LogP contribution >= 0.6 is 0 Å². The van der Waals surface area contributed by atoms with E-state index in [-0.39, 0.29) is 0 Å². The quantitative estimate of drug-likeness (QED) is 0.481. The van der Waals surface area contributed by atoms with E-state index in [4.69, 9.17) is 4.74 Å². The van der Waals surface area contributed by atoms with Gasteiger partial charge in [-0.1, -0.05) is 44.2 Å². The van der Waals surface area contributed by atoms with Gasteiger partial charge in [-0.25, -0.2) is 0 Å². The van der Waals surface area contributed by atoms with Gasteiger partial charge in [0.05, 0.1) is 13.2 Å². The molecule has 0 radical (unpaired) electrons. The normalized spacial score (nSPS) is 17.7. The van der Waals surface area contributed by atoms with Crippen molar-refractivity contribution in [1.82, 2.24) is 20.4 Å². The number of hydrogen-bond donors (Lipinski definition) is 2. The lowest BCUT2D eigenvalue weighted by Gasteiger charge is -2.34. The summed E-state index contributed by atoms with van der Waals surface area (Å²) in [7, 11) is 1.83. The fourth-order valence-electron chi connectivity index (χ4n) is 3.16. The molecule has 1 heterocycles. The molecule has 1 unspecified atom stereocenters. The second-order valence-electron chi connectivity index (χ2n) is 7.26. The van der Waals surface area contributed by atoms with Gasteiger partial charge in [-0.3, -0.25) is 9.89 Å². The van der Waals surface area contributed by atoms with Gasteiger partial charge < -0.3 is 20.3 Å². The molecule has 0 bridgehead atoms. The van der Waals surface area contributed by atoms with Crippen LogP contribution in [0, 0.1) is 5.92 Å². The van der Waals surface area contributed by atoms with Crippen LogP contribution in [0.4, 0.5) is 0 Å². The van der Waals surface area contributed by atoms with Crippen molar-refractivity contribution in [3.8, 4) is 0 Å². The molecule has 2 N–H and O–H groups in total. The molecule has 1 atom stereocenters. The molecule has 152 valence electrons. The Kier molecular flexibility index (Phi) is 10.2. The smallest absolute Gasteiger partial charge is 0.191 e. The van der Waals surface area contributed by atoms with Crippen molar-refractivity contribution < 1.29 is 4.74 Å². The van der Waals surface area contributed by atoms with E-state index in [1.54, 1.807) is 0 Å². The number of benzene rings is 1. The zero-order chi connectivity index (χ0) is 19.3. The fourth-order valence-corrected chi connectivity index (χ4v) is 3.16. The third kappa shape index (κ3) is 8.73. The molecule has 0 aliphatic carbocycles. The van der Waals surface area contributed by atoms with E-state index < -0.39 is 0 Å². The van der Waals surface area contributed by atoms with Gasteiger partial charge in [-0.15, -0.1) is 0 Å². The molecule has 1 aliphatic heterocycles. The zero-order valence-electron chi connectivity index (χ0n) is 17.3. The summed E-state index contributed by atoms with van der Waals surface area (Å²) in [5.41, 5.74) is 1.22. The fraction of sp³-hybridized carbons (Fsp3) is 0.667. The second-order valence-corrected chi connectivity index (χ2v) is 7.26. The maximum Gasteiger partial charge on any atom is 0.191 e. The van der Waals surface area contributed by atoms with Gasteiger partial charge in [0.2, 0.25) is 0 Å². The number of guanidine groups is 1. The van der Waals surface area contributed by atoms with Gasteiger partial charge in [0.25, 0.3) is 0 Å². The minimum Gasteiger partial charge on any atom is -0.376 e. The van der Waals surface area contributed by atoms with E-state index in [1.165, 1.54) is 18.7 Å². The molecule has 27 heavy (non-hydrogen) atoms. The van der Waals surface area contributed by atoms with Crippen molar-refractivity contribution >= 4 is 5.96 Å². The van der Waals surface area contributed by atoms with Crippen LogP contribution in [-0.4, -0.2) is 81.8 Å². The molecule has 6 nitrogen and oxygen atoms in total. The first-order chi connectivity index (χ1) is 13.2. The predicted octanol–water partition coefficient (Wildman–Crippen LogP) is 1.64. The van der Waals surface area contributed by atoms with E-state index in [2.05, 4.69) is 51.4 Å². The third-order valence-electron chi connectivity index (χ3n) is 4.99. The summed E-state index contributed by atoms with van der Waals surface area (Å²) in [6, 6.07) is 10.3. The van der Waals surface area contributed by atoms with Crippen LogP contribution in [0.5, 0.6) is 0 Å². The number of hydrogen-bond acceptors (Lipinski definition) is 4. The zero-order valence-corrected chi connectivity index (χ0v) is 17.3. The van der Waals surface area contributed by atoms with E-state index >= 15 is 0 Å². The highest BCUT2D eigenvalue weighted by Crippen LogP contribution is 2.03. The van der Waals surface area contributed by atoms with Crippen LogP contribution < -0.4 is 10.6 Å². The van der Waals surface area contributed by atoms with Gasteiger partial charge in [0.1, 0.15) is 0 Å². The first kappa shape index (κ1) is 21.7. The number of nitrogens with one attached hydrogen (secondary N) is 2. The first-order valence-electron chi connectivity index (χ1n) is 10.2. The Hall–Kier alpha value is -1.63. The lowest BCUT2D eigenvalue weighted by atomic mass is 10.2. The Balaban J connectivity index is 1.54. The standard InChI is InChI=1S/C21H37N5O/c1-4-25-12-14-26(15-13-25)11-10-23-21(22-3)24-16-19(2)17-27-18-20-8-6-5-7-9-20/h5-9,19H,4,10-18H2,1-3H3,(H2,22,23,24). The summed E-state index contributed by atoms with van der Waals surface area (Å²) in [6.45, 7) is 14.5. The Bertz CT molecular complexity index is 529. The van der Waals surface area contributed by atoms with E-state index in [0.717, 1.165) is 51.8 Å².